The monoisotopic (exact) mass is 1900 g/mol. The van der Waals surface area contributed by atoms with E-state index in [9.17, 15) is 75.0 Å². The van der Waals surface area contributed by atoms with Crippen molar-refractivity contribution in [1.29, 1.82) is 0 Å². The van der Waals surface area contributed by atoms with Crippen LogP contribution in [0.15, 0.2) is 24.3 Å². The molecule has 0 aromatic heterocycles. The molecule has 497 valence electrons. The van der Waals surface area contributed by atoms with E-state index in [0.717, 1.165) is 0 Å². The Morgan fingerprint density at radius 1 is 0.477 bits per heavy atom. The molecule has 3 saturated heterocycles. The Bertz CT molecular complexity index is 2110. The van der Waals surface area contributed by atoms with Crippen LogP contribution in [0.4, 0.5) is 0 Å². The van der Waals surface area contributed by atoms with Crippen LogP contribution in [0.2, 0.25) is 0 Å². The molecular weight excluding hydrogens is 1800 g/mol. The number of hydrogen-bond donors (Lipinski definition) is 16. The van der Waals surface area contributed by atoms with Gasteiger partial charge in [-0.25, -0.2) is 0 Å². The summed E-state index contributed by atoms with van der Waals surface area (Å²) in [6.07, 6.45) is -8.91. The van der Waals surface area contributed by atoms with Crippen molar-refractivity contribution in [2.24, 2.45) is 5.73 Å². The molecule has 18 unspecified atom stereocenters. The average Bonchev–Trinajstić information content (AvgIpc) is 3.42. The molecule has 18 atom stereocenters. The Hall–Kier alpha value is -0.0653. The standard InChI is InChI=1S/C55H94N9O21.3Ac/c56-33(27-31-13-15-32(68)16-14-31)50(77)64-35(52(79)62-23-9-3-6-12-26-82-55-43(59)49(76)46(73)38(30-67)85-55)18-20-40(70)63-34(51(78)61-22-8-2-5-11-25-81-54-42(58)48(75)45(72)37(29-66)84-54)17-19-39(69)60-21-7-1-4-10-24-80-53-41(57)47(74)44(71)36(28-65)83-53;;;/h13-16,33-38,41-49,53-55,57-59,65-68,71-76H,1-12,17-30,56H2,(H,60,69)(H,61,78)(H,62,79)(H,63,70)(H,64,77);;;/q-3;;;. The second kappa shape index (κ2) is 47.8. The fourth-order valence-electron chi connectivity index (χ4n) is 9.61. The number of ether oxygens (including phenoxy) is 6. The summed E-state index contributed by atoms with van der Waals surface area (Å²) in [5, 5.41) is 112. The van der Waals surface area contributed by atoms with E-state index >= 15 is 0 Å². The number of carbonyl (C=O) groups excluding carboxylic acids is 5. The molecule has 3 aliphatic rings. The van der Waals surface area contributed by atoms with Crippen molar-refractivity contribution in [3.63, 3.8) is 0 Å². The normalized spacial score (nSPS) is 27.9. The van der Waals surface area contributed by atoms with E-state index in [0.29, 0.717) is 89.2 Å². The number of phenolic OH excluding ortho intramolecular Hbond substituents is 1. The third-order valence-electron chi connectivity index (χ3n) is 15.0. The molecule has 0 spiro atoms. The van der Waals surface area contributed by atoms with E-state index in [-0.39, 0.29) is 209 Å². The van der Waals surface area contributed by atoms with Crippen molar-refractivity contribution in [2.45, 2.75) is 219 Å². The number of benzene rings is 1. The number of rotatable bonds is 40. The topological polar surface area (TPSA) is 501 Å². The Kier molecular flexibility index (Phi) is 46.6. The molecule has 20 N–H and O–H groups in total. The molecule has 0 saturated carbocycles. The van der Waals surface area contributed by atoms with Crippen LogP contribution in [-0.4, -0.2) is 250 Å². The van der Waals surface area contributed by atoms with Crippen molar-refractivity contribution in [3.05, 3.63) is 47.0 Å². The van der Waals surface area contributed by atoms with Crippen LogP contribution in [0, 0.1) is 132 Å². The van der Waals surface area contributed by atoms with E-state index in [2.05, 4.69) is 26.6 Å². The predicted octanol–water partition coefficient (Wildman–Crippen LogP) is -2.55. The van der Waals surface area contributed by atoms with E-state index in [1.54, 1.807) is 12.1 Å². The van der Waals surface area contributed by atoms with Crippen LogP contribution < -0.4 is 32.3 Å². The molecule has 88 heavy (non-hydrogen) atoms. The minimum Gasteiger partial charge on any atom is -0.668 e. The zero-order chi connectivity index (χ0) is 62.4. The first-order valence-corrected chi connectivity index (χ1v) is 29.5. The first kappa shape index (κ1) is 85.9. The number of carbonyl (C=O) groups is 5. The summed E-state index contributed by atoms with van der Waals surface area (Å²) in [6, 6.07) is -1.30. The number of phenols is 1. The summed E-state index contributed by atoms with van der Waals surface area (Å²) >= 11 is 0. The smallest absolute Gasteiger partial charge is 0.242 e. The van der Waals surface area contributed by atoms with Crippen LogP contribution >= 0.6 is 0 Å². The summed E-state index contributed by atoms with van der Waals surface area (Å²) in [6.45, 7) is -0.474. The molecule has 1 aromatic carbocycles. The molecule has 30 nitrogen and oxygen atoms in total. The number of aliphatic hydroxyl groups is 9. The van der Waals surface area contributed by atoms with Crippen molar-refractivity contribution >= 4 is 29.5 Å². The molecule has 3 radical (unpaired) electrons. The first-order chi connectivity index (χ1) is 40.7. The number of nitrogens with one attached hydrogen (secondary N) is 8. The third kappa shape index (κ3) is 30.3. The van der Waals surface area contributed by atoms with Crippen molar-refractivity contribution in [2.75, 3.05) is 59.3 Å². The van der Waals surface area contributed by atoms with Gasteiger partial charge in [0.2, 0.25) is 29.5 Å². The van der Waals surface area contributed by atoms with E-state index < -0.39 is 154 Å². The maximum absolute atomic E-state index is 13.7. The van der Waals surface area contributed by atoms with Crippen LogP contribution in [0.3, 0.4) is 0 Å². The maximum Gasteiger partial charge on any atom is 0.242 e. The quantitative estimate of drug-likeness (QED) is 0.0301. The molecule has 3 aliphatic heterocycles. The predicted molar refractivity (Wildman–Crippen MR) is 302 cm³/mol. The van der Waals surface area contributed by atoms with Crippen molar-refractivity contribution in [1.82, 2.24) is 26.6 Å². The van der Waals surface area contributed by atoms with Crippen molar-refractivity contribution in [3.8, 4) is 5.75 Å². The molecule has 4 rings (SSSR count). The summed E-state index contributed by atoms with van der Waals surface area (Å²) < 4.78 is 33.1. The van der Waals surface area contributed by atoms with Gasteiger partial charge in [0.25, 0.3) is 0 Å². The summed E-state index contributed by atoms with van der Waals surface area (Å²) in [5.74, 6) is -2.87. The van der Waals surface area contributed by atoms with E-state index in [1.807, 2.05) is 0 Å². The largest absolute Gasteiger partial charge is 0.668 e. The number of nitrogens with two attached hydrogens (primary N) is 1. The third-order valence-corrected chi connectivity index (χ3v) is 15.0. The van der Waals surface area contributed by atoms with Gasteiger partial charge >= 0.3 is 0 Å². The number of aliphatic hydroxyl groups excluding tert-OH is 9. The Morgan fingerprint density at radius 3 is 1.19 bits per heavy atom. The molecular formula is C55H94Ac3N9O21-3. The SMILES string of the molecule is [Ac].[Ac].[Ac].[NH-]C1C(OCCCCCCNC(=O)CCC(NC(=O)CCC(NC(=O)C(N)Cc2ccc(O)cc2)C(=O)NCCCCCCOC2OC(CO)C(O)C(O)C2[NH-])C(=O)NCCCCCCOC2OC(CO)C(O)C(O)C2[NH-])OC(CO)C(O)C1O. The van der Waals surface area contributed by atoms with Crippen LogP contribution in [0.25, 0.3) is 17.2 Å². The summed E-state index contributed by atoms with van der Waals surface area (Å²) in [5.41, 5.74) is 31.1. The zero-order valence-electron chi connectivity index (χ0n) is 49.9. The van der Waals surface area contributed by atoms with Gasteiger partial charge in [0.15, 0.2) is 0 Å². The molecule has 0 aliphatic carbocycles. The fourth-order valence-corrected chi connectivity index (χ4v) is 9.61. The second-order valence-electron chi connectivity index (χ2n) is 21.7. The van der Waals surface area contributed by atoms with Crippen LogP contribution in [0.1, 0.15) is 108 Å². The van der Waals surface area contributed by atoms with Crippen LogP contribution in [0.5, 0.6) is 5.75 Å². The summed E-state index contributed by atoms with van der Waals surface area (Å²) in [7, 11) is 0. The molecule has 3 heterocycles. The molecule has 3 fully saturated rings. The number of hydrogen-bond acceptors (Lipinski definition) is 22. The Labute approximate surface area is 621 Å². The van der Waals surface area contributed by atoms with Gasteiger partial charge in [-0.2, -0.15) is 0 Å². The first-order valence-electron chi connectivity index (χ1n) is 29.5. The second-order valence-corrected chi connectivity index (χ2v) is 21.7. The Balaban J connectivity index is 0.0000129. The van der Waals surface area contributed by atoms with Gasteiger partial charge in [0.1, 0.15) is 73.3 Å². The van der Waals surface area contributed by atoms with Crippen LogP contribution in [-0.2, 0) is 58.8 Å². The van der Waals surface area contributed by atoms with Gasteiger partial charge in [0, 0.05) is 184 Å². The molecule has 1 aromatic rings. The van der Waals surface area contributed by atoms with Crippen molar-refractivity contribution < 1.29 is 236 Å². The van der Waals surface area contributed by atoms with Gasteiger partial charge < -0.3 is 129 Å². The number of unbranched alkanes of at least 4 members (excludes halogenated alkanes) is 9. The molecule has 5 amide bonds. The summed E-state index contributed by atoms with van der Waals surface area (Å²) in [4.78, 5) is 67.5. The number of aromatic hydroxyl groups is 1. The minimum absolute atomic E-state index is 0. The van der Waals surface area contributed by atoms with Gasteiger partial charge in [0.05, 0.1) is 44.2 Å². The fraction of sp³-hybridized carbons (Fsp3) is 0.800. The maximum atomic E-state index is 13.7. The van der Waals surface area contributed by atoms with Gasteiger partial charge in [-0.15, -0.1) is 0 Å². The Morgan fingerprint density at radius 2 is 0.818 bits per heavy atom. The van der Waals surface area contributed by atoms with Gasteiger partial charge in [-0.05, 0) is 75.5 Å². The van der Waals surface area contributed by atoms with Gasteiger partial charge in [-0.1, -0.05) is 68.8 Å². The number of amides is 5. The zero-order valence-corrected chi connectivity index (χ0v) is 64.1. The van der Waals surface area contributed by atoms with E-state index in [4.69, 9.17) is 51.4 Å². The molecule has 33 heteroatoms. The van der Waals surface area contributed by atoms with E-state index in [1.165, 1.54) is 12.1 Å². The van der Waals surface area contributed by atoms with Gasteiger partial charge in [-0.3, -0.25) is 24.0 Å². The molecule has 0 bridgehead atoms. The minimum atomic E-state index is -1.46. The average molecular weight is 1900 g/mol.